The van der Waals surface area contributed by atoms with Crippen LogP contribution in [-0.2, 0) is 6.54 Å². The smallest absolute Gasteiger partial charge is 0.435 e. The Hall–Kier alpha value is -4.00. The zero-order chi connectivity index (χ0) is 22.0. The number of nitrogens with zero attached hydrogens (tertiary/aromatic N) is 5. The van der Waals surface area contributed by atoms with Gasteiger partial charge in [-0.1, -0.05) is 28.5 Å². The van der Waals surface area contributed by atoms with Crippen molar-refractivity contribution in [1.82, 2.24) is 19.7 Å². The number of nitrogens with one attached hydrogen (secondary N) is 1. The minimum atomic E-state index is -2.92. The van der Waals surface area contributed by atoms with Crippen LogP contribution in [-0.4, -0.2) is 37.2 Å². The predicted octanol–water partition coefficient (Wildman–Crippen LogP) is 3.70. The Kier molecular flexibility index (Phi) is 5.49. The Morgan fingerprint density at radius 2 is 2.03 bits per heavy atom. The highest BCUT2D eigenvalue weighted by Crippen LogP contribution is 2.30. The first-order chi connectivity index (χ1) is 14.9. The van der Waals surface area contributed by atoms with Crippen LogP contribution in [0.15, 0.2) is 48.8 Å². The molecule has 31 heavy (non-hydrogen) atoms. The maximum absolute atomic E-state index is 12.5. The Morgan fingerprint density at radius 3 is 2.71 bits per heavy atom. The van der Waals surface area contributed by atoms with Gasteiger partial charge in [-0.2, -0.15) is 13.5 Å². The van der Waals surface area contributed by atoms with Gasteiger partial charge in [0, 0.05) is 10.7 Å². The first-order valence-electron chi connectivity index (χ1n) is 8.67. The molecule has 0 bridgehead atoms. The molecule has 1 N–H and O–H groups in total. The van der Waals surface area contributed by atoms with Crippen LogP contribution in [0.2, 0.25) is 0 Å². The van der Waals surface area contributed by atoms with Crippen LogP contribution in [0.4, 0.5) is 19.9 Å². The van der Waals surface area contributed by atoms with Crippen LogP contribution in [0.5, 0.6) is 5.75 Å². The third kappa shape index (κ3) is 4.78. The molecule has 0 atom stereocenters. The Labute approximate surface area is 176 Å². The number of amides is 1. The average molecular weight is 446 g/mol. The second-order valence-corrected chi connectivity index (χ2v) is 7.21. The summed E-state index contributed by atoms with van der Waals surface area (Å²) >= 11 is 1.13. The molecular formula is C18H12F2N6O4S. The molecule has 2 heterocycles. The van der Waals surface area contributed by atoms with Gasteiger partial charge < -0.3 is 14.9 Å². The number of ether oxygens (including phenoxy) is 1. The molecule has 158 valence electrons. The molecule has 0 aliphatic heterocycles. The van der Waals surface area contributed by atoms with Crippen molar-refractivity contribution < 1.29 is 23.2 Å². The topological polar surface area (TPSA) is 125 Å². The Bertz CT molecular complexity index is 1260. The minimum Gasteiger partial charge on any atom is -0.435 e. The van der Waals surface area contributed by atoms with Crippen molar-refractivity contribution in [3.8, 4) is 5.75 Å². The summed E-state index contributed by atoms with van der Waals surface area (Å²) in [5, 5.41) is 17.3. The lowest BCUT2D eigenvalue weighted by Crippen LogP contribution is -2.11. The molecule has 1 amide bonds. The molecule has 2 aromatic heterocycles. The summed E-state index contributed by atoms with van der Waals surface area (Å²) in [6.07, 6.45) is 1.25. The number of hydrogen-bond acceptors (Lipinski definition) is 8. The Balaban J connectivity index is 1.42. The van der Waals surface area contributed by atoms with Gasteiger partial charge in [0.2, 0.25) is 6.33 Å². The van der Waals surface area contributed by atoms with E-state index in [9.17, 15) is 23.7 Å². The van der Waals surface area contributed by atoms with E-state index in [-0.39, 0.29) is 12.3 Å². The monoisotopic (exact) mass is 446 g/mol. The van der Waals surface area contributed by atoms with Crippen LogP contribution in [0.25, 0.3) is 10.2 Å². The van der Waals surface area contributed by atoms with E-state index in [1.165, 1.54) is 29.2 Å². The van der Waals surface area contributed by atoms with E-state index in [4.69, 9.17) is 0 Å². The molecule has 0 saturated heterocycles. The van der Waals surface area contributed by atoms with Crippen LogP contribution in [0.3, 0.4) is 0 Å². The number of carbonyl (C=O) groups is 1. The van der Waals surface area contributed by atoms with E-state index in [0.717, 1.165) is 16.9 Å². The second-order valence-electron chi connectivity index (χ2n) is 6.18. The lowest BCUT2D eigenvalue weighted by Gasteiger charge is -2.03. The van der Waals surface area contributed by atoms with Gasteiger partial charge >= 0.3 is 12.6 Å². The molecule has 0 radical (unpaired) electrons. The predicted molar refractivity (Wildman–Crippen MR) is 106 cm³/mol. The van der Waals surface area contributed by atoms with Crippen LogP contribution in [0.1, 0.15) is 15.9 Å². The molecule has 0 saturated carbocycles. The van der Waals surface area contributed by atoms with Gasteiger partial charge in [-0.15, -0.1) is 0 Å². The van der Waals surface area contributed by atoms with Gasteiger partial charge in [-0.25, -0.2) is 4.98 Å². The van der Waals surface area contributed by atoms with E-state index in [0.29, 0.717) is 20.9 Å². The van der Waals surface area contributed by atoms with Gasteiger partial charge in [0.15, 0.2) is 5.13 Å². The quantitative estimate of drug-likeness (QED) is 0.339. The van der Waals surface area contributed by atoms with E-state index in [1.807, 2.05) is 0 Å². The summed E-state index contributed by atoms with van der Waals surface area (Å²) in [4.78, 5) is 30.3. The molecule has 0 unspecified atom stereocenters. The molecule has 0 aliphatic carbocycles. The number of alkyl halides is 2. The number of fused-ring (bicyclic) bond motifs is 1. The van der Waals surface area contributed by atoms with Gasteiger partial charge in [0.25, 0.3) is 5.91 Å². The average Bonchev–Trinajstić information content (AvgIpc) is 3.34. The molecule has 4 aromatic rings. The SMILES string of the molecule is O=C(Nc1nc2ccc(OC(F)F)cc2s1)c1ccc(Cn2cnc([N+](=O)[O-])n2)cc1. The number of rotatable bonds is 7. The third-order valence-electron chi connectivity index (χ3n) is 4.05. The summed E-state index contributed by atoms with van der Waals surface area (Å²) in [6.45, 7) is -2.67. The van der Waals surface area contributed by atoms with E-state index in [2.05, 4.69) is 25.1 Å². The largest absolute Gasteiger partial charge is 0.490 e. The highest BCUT2D eigenvalue weighted by atomic mass is 32.1. The summed E-state index contributed by atoms with van der Waals surface area (Å²) in [5.74, 6) is -0.872. The number of nitro groups is 1. The summed E-state index contributed by atoms with van der Waals surface area (Å²) in [7, 11) is 0. The second kappa shape index (κ2) is 8.39. The molecule has 10 nitrogen and oxygen atoms in total. The highest BCUT2D eigenvalue weighted by molar-refractivity contribution is 7.22. The number of thiazole rings is 1. The molecule has 0 fully saturated rings. The van der Waals surface area contributed by atoms with Crippen molar-refractivity contribution in [2.24, 2.45) is 0 Å². The van der Waals surface area contributed by atoms with Crippen LogP contribution < -0.4 is 10.1 Å². The van der Waals surface area contributed by atoms with Gasteiger partial charge in [0.1, 0.15) is 5.75 Å². The zero-order valence-corrected chi connectivity index (χ0v) is 16.3. The molecule has 0 aliphatic rings. The maximum Gasteiger partial charge on any atom is 0.490 e. The number of benzene rings is 2. The molecule has 4 rings (SSSR count). The van der Waals surface area contributed by atoms with Gasteiger partial charge in [-0.05, 0) is 40.8 Å². The van der Waals surface area contributed by atoms with E-state index in [1.54, 1.807) is 24.3 Å². The minimum absolute atomic E-state index is 0.0114. The highest BCUT2D eigenvalue weighted by Gasteiger charge is 2.14. The Morgan fingerprint density at radius 1 is 1.26 bits per heavy atom. The number of carbonyl (C=O) groups excluding carboxylic acids is 1. The van der Waals surface area contributed by atoms with Crippen molar-refractivity contribution >= 4 is 38.5 Å². The van der Waals surface area contributed by atoms with Crippen LogP contribution >= 0.6 is 11.3 Å². The summed E-state index contributed by atoms with van der Waals surface area (Å²) in [6, 6.07) is 10.9. The number of anilines is 1. The van der Waals surface area contributed by atoms with E-state index < -0.39 is 23.4 Å². The fourth-order valence-electron chi connectivity index (χ4n) is 2.70. The van der Waals surface area contributed by atoms with Gasteiger partial charge in [0.05, 0.1) is 16.8 Å². The molecule has 0 spiro atoms. The zero-order valence-electron chi connectivity index (χ0n) is 15.4. The van der Waals surface area contributed by atoms with Crippen molar-refractivity contribution in [1.29, 1.82) is 0 Å². The normalized spacial score (nSPS) is 11.1. The number of halogens is 2. The van der Waals surface area contributed by atoms with Gasteiger partial charge in [-0.3, -0.25) is 10.1 Å². The maximum atomic E-state index is 12.5. The molecule has 13 heteroatoms. The standard InChI is InChI=1S/C18H12F2N6O4S/c19-16(20)30-12-5-6-13-14(7-12)31-18(22-13)23-15(27)11-3-1-10(2-4-11)8-25-9-21-17(24-25)26(28)29/h1-7,9,16H,8H2,(H,22,23,27). The lowest BCUT2D eigenvalue weighted by atomic mass is 10.1. The first-order valence-corrected chi connectivity index (χ1v) is 9.48. The molecule has 2 aromatic carbocycles. The van der Waals surface area contributed by atoms with E-state index >= 15 is 0 Å². The third-order valence-corrected chi connectivity index (χ3v) is 4.99. The van der Waals surface area contributed by atoms with Crippen LogP contribution in [0, 0.1) is 10.1 Å². The first kappa shape index (κ1) is 20.3. The number of aromatic nitrogens is 4. The van der Waals surface area contributed by atoms with Crippen molar-refractivity contribution in [3.05, 3.63) is 70.0 Å². The van der Waals surface area contributed by atoms with Crippen molar-refractivity contribution in [2.75, 3.05) is 5.32 Å². The summed E-state index contributed by atoms with van der Waals surface area (Å²) in [5.41, 5.74) is 1.68. The number of hydrogen-bond donors (Lipinski definition) is 1. The lowest BCUT2D eigenvalue weighted by molar-refractivity contribution is -0.394. The fraction of sp³-hybridized carbons (Fsp3) is 0.111. The fourth-order valence-corrected chi connectivity index (χ4v) is 3.59. The summed E-state index contributed by atoms with van der Waals surface area (Å²) < 4.78 is 31.0. The molecular weight excluding hydrogens is 434 g/mol. The van der Waals surface area contributed by atoms with Crippen molar-refractivity contribution in [3.63, 3.8) is 0 Å². The van der Waals surface area contributed by atoms with Crippen molar-refractivity contribution in [2.45, 2.75) is 13.2 Å².